The van der Waals surface area contributed by atoms with Gasteiger partial charge in [-0.2, -0.15) is 0 Å². The molecule has 148 valence electrons. The van der Waals surface area contributed by atoms with Crippen LogP contribution in [0.3, 0.4) is 0 Å². The number of carbonyl (C=O) groups excluding carboxylic acids is 4. The van der Waals surface area contributed by atoms with Crippen molar-refractivity contribution in [3.05, 3.63) is 35.9 Å². The van der Waals surface area contributed by atoms with Crippen LogP contribution in [0.1, 0.15) is 25.3 Å². The van der Waals surface area contributed by atoms with Gasteiger partial charge < -0.3 is 25.4 Å². The van der Waals surface area contributed by atoms with Gasteiger partial charge in [0.15, 0.2) is 0 Å². The van der Waals surface area contributed by atoms with Crippen LogP contribution < -0.4 is 16.0 Å². The fourth-order valence-electron chi connectivity index (χ4n) is 2.06. The number of carbonyl (C=O) groups is 4. The number of hydrogen-bond acceptors (Lipinski definition) is 6. The number of benzene rings is 1. The third-order valence-electron chi connectivity index (χ3n) is 3.48. The lowest BCUT2D eigenvalue weighted by atomic mass is 10.1. The van der Waals surface area contributed by atoms with E-state index >= 15 is 0 Å². The highest BCUT2D eigenvalue weighted by Crippen LogP contribution is 2.02. The number of nitrogens with one attached hydrogen (secondary N) is 3. The molecule has 1 rings (SSSR count). The molecule has 0 aliphatic carbocycles. The number of amides is 3. The molecule has 9 heteroatoms. The lowest BCUT2D eigenvalue weighted by Crippen LogP contribution is -2.49. The third-order valence-corrected chi connectivity index (χ3v) is 3.48. The van der Waals surface area contributed by atoms with E-state index in [-0.39, 0.29) is 19.7 Å². The van der Waals surface area contributed by atoms with Crippen LogP contribution in [0.5, 0.6) is 0 Å². The van der Waals surface area contributed by atoms with Crippen molar-refractivity contribution in [2.45, 2.75) is 32.4 Å². The fourth-order valence-corrected chi connectivity index (χ4v) is 2.06. The molecule has 1 aromatic carbocycles. The lowest BCUT2D eigenvalue weighted by molar-refractivity contribution is -0.141. The van der Waals surface area contributed by atoms with Crippen LogP contribution >= 0.6 is 0 Å². The van der Waals surface area contributed by atoms with Gasteiger partial charge in [-0.3, -0.25) is 14.4 Å². The Hall–Kier alpha value is -3.10. The normalized spacial score (nSPS) is 11.0. The zero-order chi connectivity index (χ0) is 20.1. The SMILES string of the molecule is CCCC(NC(=O)OCc1ccccc1)C(=O)NCC(=O)NCC(=O)OC. The number of ether oxygens (including phenoxy) is 2. The van der Waals surface area contributed by atoms with Crippen molar-refractivity contribution in [2.24, 2.45) is 0 Å². The molecule has 3 amide bonds. The Morgan fingerprint density at radius 1 is 1.04 bits per heavy atom. The first kappa shape index (κ1) is 21.9. The molecule has 0 heterocycles. The molecule has 3 N–H and O–H groups in total. The Bertz CT molecular complexity index is 635. The van der Waals surface area contributed by atoms with Crippen LogP contribution in [0, 0.1) is 0 Å². The zero-order valence-corrected chi connectivity index (χ0v) is 15.4. The Labute approximate surface area is 157 Å². The summed E-state index contributed by atoms with van der Waals surface area (Å²) in [5.74, 6) is -1.65. The Kier molecular flexibility index (Phi) is 9.98. The number of hydrogen-bond donors (Lipinski definition) is 3. The van der Waals surface area contributed by atoms with Crippen LogP contribution in [0.4, 0.5) is 4.79 Å². The molecule has 0 saturated carbocycles. The molecular weight excluding hydrogens is 354 g/mol. The van der Waals surface area contributed by atoms with E-state index in [4.69, 9.17) is 4.74 Å². The molecule has 0 aliphatic rings. The first-order chi connectivity index (χ1) is 13.0. The quantitative estimate of drug-likeness (QED) is 0.509. The highest BCUT2D eigenvalue weighted by molar-refractivity contribution is 5.90. The predicted molar refractivity (Wildman–Crippen MR) is 96.5 cm³/mol. The predicted octanol–water partition coefficient (Wildman–Crippen LogP) is 0.487. The number of esters is 1. The summed E-state index contributed by atoms with van der Waals surface area (Å²) in [5.41, 5.74) is 0.825. The molecule has 0 aromatic heterocycles. The van der Waals surface area contributed by atoms with Crippen LogP contribution in [-0.4, -0.2) is 50.1 Å². The first-order valence-corrected chi connectivity index (χ1v) is 8.54. The summed E-state index contributed by atoms with van der Waals surface area (Å²) in [6, 6.07) is 8.32. The molecule has 0 aliphatic heterocycles. The van der Waals surface area contributed by atoms with Gasteiger partial charge in [-0.15, -0.1) is 0 Å². The smallest absolute Gasteiger partial charge is 0.408 e. The molecule has 0 bridgehead atoms. The highest BCUT2D eigenvalue weighted by Gasteiger charge is 2.21. The summed E-state index contributed by atoms with van der Waals surface area (Å²) in [6.07, 6.45) is 0.310. The van der Waals surface area contributed by atoms with Crippen LogP contribution in [-0.2, 0) is 30.5 Å². The van der Waals surface area contributed by atoms with Gasteiger partial charge >= 0.3 is 12.1 Å². The van der Waals surface area contributed by atoms with Crippen molar-refractivity contribution in [1.82, 2.24) is 16.0 Å². The summed E-state index contributed by atoms with van der Waals surface area (Å²) < 4.78 is 9.49. The van der Waals surface area contributed by atoms with Gasteiger partial charge in [0, 0.05) is 0 Å². The van der Waals surface area contributed by atoms with Crippen molar-refractivity contribution in [1.29, 1.82) is 0 Å². The molecule has 27 heavy (non-hydrogen) atoms. The molecule has 0 saturated heterocycles. The first-order valence-electron chi connectivity index (χ1n) is 8.54. The standard InChI is InChI=1S/C18H25N3O6/c1-3-7-14(17(24)20-10-15(22)19-11-16(23)26-2)21-18(25)27-12-13-8-5-4-6-9-13/h4-6,8-9,14H,3,7,10-12H2,1-2H3,(H,19,22)(H,20,24)(H,21,25). The van der Waals surface area contributed by atoms with Crippen molar-refractivity contribution in [3.63, 3.8) is 0 Å². The van der Waals surface area contributed by atoms with E-state index in [1.54, 1.807) is 0 Å². The van der Waals surface area contributed by atoms with E-state index in [2.05, 4.69) is 20.7 Å². The molecule has 1 aromatic rings. The maximum Gasteiger partial charge on any atom is 0.408 e. The van der Waals surface area contributed by atoms with E-state index < -0.39 is 29.9 Å². The van der Waals surface area contributed by atoms with Gasteiger partial charge in [0.05, 0.1) is 13.7 Å². The second-order valence-corrected chi connectivity index (χ2v) is 5.62. The van der Waals surface area contributed by atoms with Gasteiger partial charge in [0.25, 0.3) is 0 Å². The van der Waals surface area contributed by atoms with Crippen LogP contribution in [0.25, 0.3) is 0 Å². The second kappa shape index (κ2) is 12.3. The van der Waals surface area contributed by atoms with E-state index in [0.29, 0.717) is 12.8 Å². The summed E-state index contributed by atoms with van der Waals surface area (Å²) in [5, 5.41) is 7.21. The lowest BCUT2D eigenvalue weighted by Gasteiger charge is -2.17. The molecule has 1 unspecified atom stereocenters. The average Bonchev–Trinajstić information content (AvgIpc) is 2.69. The van der Waals surface area contributed by atoms with E-state index in [0.717, 1.165) is 5.56 Å². The minimum absolute atomic E-state index is 0.0864. The number of methoxy groups -OCH3 is 1. The zero-order valence-electron chi connectivity index (χ0n) is 15.4. The Balaban J connectivity index is 2.41. The van der Waals surface area contributed by atoms with Gasteiger partial charge in [0.1, 0.15) is 19.2 Å². The molecule has 0 spiro atoms. The largest absolute Gasteiger partial charge is 0.468 e. The van der Waals surface area contributed by atoms with Crippen molar-refractivity contribution >= 4 is 23.9 Å². The van der Waals surface area contributed by atoms with Gasteiger partial charge in [-0.1, -0.05) is 43.7 Å². The molecule has 0 fully saturated rings. The van der Waals surface area contributed by atoms with Gasteiger partial charge in [0.2, 0.25) is 11.8 Å². The molecular formula is C18H25N3O6. The second-order valence-electron chi connectivity index (χ2n) is 5.62. The maximum atomic E-state index is 12.2. The molecule has 0 radical (unpaired) electrons. The summed E-state index contributed by atoms with van der Waals surface area (Å²) in [4.78, 5) is 46.6. The van der Waals surface area contributed by atoms with Crippen LogP contribution in [0.2, 0.25) is 0 Å². The summed E-state index contributed by atoms with van der Waals surface area (Å²) in [7, 11) is 1.20. The van der Waals surface area contributed by atoms with Gasteiger partial charge in [-0.25, -0.2) is 4.79 Å². The average molecular weight is 379 g/mol. The van der Waals surface area contributed by atoms with E-state index in [9.17, 15) is 19.2 Å². The van der Waals surface area contributed by atoms with Crippen molar-refractivity contribution < 1.29 is 28.7 Å². The Morgan fingerprint density at radius 2 is 1.74 bits per heavy atom. The highest BCUT2D eigenvalue weighted by atomic mass is 16.5. The summed E-state index contributed by atoms with van der Waals surface area (Å²) in [6.45, 7) is 1.34. The van der Waals surface area contributed by atoms with Crippen LogP contribution in [0.15, 0.2) is 30.3 Å². The maximum absolute atomic E-state index is 12.2. The minimum atomic E-state index is -0.827. The summed E-state index contributed by atoms with van der Waals surface area (Å²) >= 11 is 0. The Morgan fingerprint density at radius 3 is 2.37 bits per heavy atom. The number of rotatable bonds is 10. The number of alkyl carbamates (subject to hydrolysis) is 1. The van der Waals surface area contributed by atoms with Crippen molar-refractivity contribution in [2.75, 3.05) is 20.2 Å². The topological polar surface area (TPSA) is 123 Å². The third kappa shape index (κ3) is 9.24. The minimum Gasteiger partial charge on any atom is -0.468 e. The van der Waals surface area contributed by atoms with E-state index in [1.807, 2.05) is 37.3 Å². The van der Waals surface area contributed by atoms with Crippen molar-refractivity contribution in [3.8, 4) is 0 Å². The van der Waals surface area contributed by atoms with E-state index in [1.165, 1.54) is 7.11 Å². The molecule has 9 nitrogen and oxygen atoms in total. The fraction of sp³-hybridized carbons (Fsp3) is 0.444. The monoisotopic (exact) mass is 379 g/mol. The molecule has 1 atom stereocenters. The van der Waals surface area contributed by atoms with Gasteiger partial charge in [-0.05, 0) is 12.0 Å².